The van der Waals surface area contributed by atoms with Crippen molar-refractivity contribution in [1.29, 1.82) is 0 Å². The zero-order valence-corrected chi connectivity index (χ0v) is 23.2. The van der Waals surface area contributed by atoms with Gasteiger partial charge in [-0.1, -0.05) is 24.0 Å². The molecule has 5 rings (SSSR count). The summed E-state index contributed by atoms with van der Waals surface area (Å²) in [6, 6.07) is 11.5. The van der Waals surface area contributed by atoms with Gasteiger partial charge >= 0.3 is 5.69 Å². The predicted molar refractivity (Wildman–Crippen MR) is 157 cm³/mol. The SMILES string of the molecule is CNC(=O)C(C#Cc1ccc(-n2c(C3=CCN=CC=C3)n[nH]c2=O)cc1)NC=O.COc1ccc2c(c1)C(=O)N(C)C2. The van der Waals surface area contributed by atoms with Crippen molar-refractivity contribution in [2.75, 3.05) is 27.7 Å². The maximum absolute atomic E-state index is 12.3. The van der Waals surface area contributed by atoms with Gasteiger partial charge in [0, 0.05) is 43.6 Å². The van der Waals surface area contributed by atoms with E-state index in [4.69, 9.17) is 4.74 Å². The Labute approximate surface area is 241 Å². The van der Waals surface area contributed by atoms with Gasteiger partial charge in [0.05, 0.1) is 19.3 Å². The van der Waals surface area contributed by atoms with Crippen LogP contribution in [0.4, 0.5) is 0 Å². The quantitative estimate of drug-likeness (QED) is 0.300. The number of carbonyl (C=O) groups excluding carboxylic acids is 3. The number of aliphatic imine (C=N–C) groups is 1. The van der Waals surface area contributed by atoms with Gasteiger partial charge in [-0.25, -0.2) is 14.5 Å². The minimum atomic E-state index is -0.948. The van der Waals surface area contributed by atoms with E-state index in [1.807, 2.05) is 24.3 Å². The first kappa shape index (κ1) is 29.3. The van der Waals surface area contributed by atoms with Gasteiger partial charge in [-0.15, -0.1) is 0 Å². The molecular weight excluding hydrogens is 538 g/mol. The average Bonchev–Trinajstić information content (AvgIpc) is 3.38. The van der Waals surface area contributed by atoms with E-state index in [1.54, 1.807) is 61.7 Å². The van der Waals surface area contributed by atoms with Crippen molar-refractivity contribution in [3.8, 4) is 23.3 Å². The monoisotopic (exact) mass is 567 g/mol. The lowest BCUT2D eigenvalue weighted by Gasteiger charge is -2.07. The van der Waals surface area contributed by atoms with Crippen LogP contribution >= 0.6 is 0 Å². The Balaban J connectivity index is 0.000000258. The summed E-state index contributed by atoms with van der Waals surface area (Å²) in [6.07, 6.45) is 7.62. The van der Waals surface area contributed by atoms with Crippen LogP contribution in [0.3, 0.4) is 0 Å². The van der Waals surface area contributed by atoms with Crippen LogP contribution in [-0.2, 0) is 16.1 Å². The number of nitrogens with one attached hydrogen (secondary N) is 3. The highest BCUT2D eigenvalue weighted by molar-refractivity contribution is 5.98. The third-order valence-electron chi connectivity index (χ3n) is 6.35. The second-order valence-corrected chi connectivity index (χ2v) is 9.05. The van der Waals surface area contributed by atoms with Gasteiger partial charge in [0.1, 0.15) is 5.75 Å². The standard InChI is InChI=1S/C20H18N6O3.C10H11NO2/c1-21-19(28)17(23-13-27)9-6-14-4-7-16(8-5-14)26-18(24-25-20(26)29)15-3-2-11-22-12-10-15;1-11-6-7-3-4-8(13-2)5-9(7)10(11)12/h2-5,7-8,10-11,13,17H,12H2,1H3,(H,21,28)(H,23,27)(H,25,29);3-5H,6H2,1-2H3. The molecule has 3 N–H and O–H groups in total. The topological polar surface area (TPSA) is 151 Å². The van der Waals surface area contributed by atoms with Gasteiger partial charge < -0.3 is 20.3 Å². The largest absolute Gasteiger partial charge is 0.497 e. The first-order chi connectivity index (χ1) is 20.4. The molecule has 1 atom stereocenters. The van der Waals surface area contributed by atoms with E-state index in [1.165, 1.54) is 11.6 Å². The molecule has 2 aliphatic heterocycles. The van der Waals surface area contributed by atoms with Crippen molar-refractivity contribution in [2.24, 2.45) is 4.99 Å². The summed E-state index contributed by atoms with van der Waals surface area (Å²) in [5, 5.41) is 11.4. The van der Waals surface area contributed by atoms with Crippen molar-refractivity contribution in [3.63, 3.8) is 0 Å². The second-order valence-electron chi connectivity index (χ2n) is 9.05. The molecule has 2 aliphatic rings. The van der Waals surface area contributed by atoms with E-state index in [9.17, 15) is 19.2 Å². The molecule has 3 heterocycles. The summed E-state index contributed by atoms with van der Waals surface area (Å²) in [5.41, 5.74) is 3.48. The Hall–Kier alpha value is -5.70. The number of methoxy groups -OCH3 is 1. The zero-order valence-electron chi connectivity index (χ0n) is 23.2. The Kier molecular flexibility index (Phi) is 9.47. The maximum atomic E-state index is 12.3. The number of nitrogens with zero attached hydrogens (tertiary/aromatic N) is 4. The van der Waals surface area contributed by atoms with Gasteiger partial charge in [0.25, 0.3) is 11.8 Å². The normalized spacial score (nSPS) is 13.8. The molecule has 214 valence electrons. The molecule has 3 amide bonds. The number of amides is 3. The highest BCUT2D eigenvalue weighted by Crippen LogP contribution is 2.25. The molecule has 0 saturated heterocycles. The Morgan fingerprint density at radius 1 is 1.19 bits per heavy atom. The molecular formula is C30H29N7O5. The summed E-state index contributed by atoms with van der Waals surface area (Å²) >= 11 is 0. The highest BCUT2D eigenvalue weighted by atomic mass is 16.5. The number of likely N-dealkylation sites (N-methyl/N-ethyl adjacent to an activating group) is 1. The van der Waals surface area contributed by atoms with Gasteiger partial charge in [-0.05, 0) is 54.1 Å². The fourth-order valence-electron chi connectivity index (χ4n) is 4.18. The number of H-pyrrole nitrogens is 1. The van der Waals surface area contributed by atoms with Crippen LogP contribution in [0.1, 0.15) is 27.3 Å². The van der Waals surface area contributed by atoms with E-state index in [0.29, 0.717) is 36.6 Å². The lowest BCUT2D eigenvalue weighted by atomic mass is 10.1. The molecule has 2 aromatic carbocycles. The van der Waals surface area contributed by atoms with Gasteiger partial charge in [0.15, 0.2) is 11.9 Å². The number of aromatic nitrogens is 3. The van der Waals surface area contributed by atoms with Crippen molar-refractivity contribution < 1.29 is 19.1 Å². The number of rotatable bonds is 6. The lowest BCUT2D eigenvalue weighted by Crippen LogP contribution is -2.41. The van der Waals surface area contributed by atoms with E-state index >= 15 is 0 Å². The number of allylic oxidation sites excluding steroid dienone is 3. The second kappa shape index (κ2) is 13.6. The summed E-state index contributed by atoms with van der Waals surface area (Å²) in [4.78, 5) is 52.0. The molecule has 0 bridgehead atoms. The Bertz CT molecular complexity index is 1690. The number of ether oxygens (including phenoxy) is 1. The predicted octanol–water partition coefficient (Wildman–Crippen LogP) is 1.08. The number of hydrogen-bond acceptors (Lipinski definition) is 7. The van der Waals surface area contributed by atoms with E-state index in [0.717, 1.165) is 22.4 Å². The fraction of sp³-hybridized carbons (Fsp3) is 0.200. The fourth-order valence-corrected chi connectivity index (χ4v) is 4.18. The third kappa shape index (κ3) is 6.71. The molecule has 12 nitrogen and oxygen atoms in total. The summed E-state index contributed by atoms with van der Waals surface area (Å²) in [7, 11) is 4.86. The molecule has 0 radical (unpaired) electrons. The Morgan fingerprint density at radius 3 is 2.69 bits per heavy atom. The number of hydrogen-bond donors (Lipinski definition) is 3. The van der Waals surface area contributed by atoms with Gasteiger partial charge in [-0.2, -0.15) is 5.10 Å². The minimum absolute atomic E-state index is 0.0777. The van der Waals surface area contributed by atoms with Crippen molar-refractivity contribution >= 4 is 30.0 Å². The first-order valence-electron chi connectivity index (χ1n) is 12.9. The third-order valence-corrected chi connectivity index (χ3v) is 6.35. The Morgan fingerprint density at radius 2 is 1.98 bits per heavy atom. The van der Waals surface area contributed by atoms with Crippen LogP contribution in [0.5, 0.6) is 5.75 Å². The van der Waals surface area contributed by atoms with Crippen LogP contribution in [0.2, 0.25) is 0 Å². The summed E-state index contributed by atoms with van der Waals surface area (Å²) in [5.74, 6) is 6.42. The average molecular weight is 568 g/mol. The molecule has 0 aliphatic carbocycles. The molecule has 3 aromatic rings. The van der Waals surface area contributed by atoms with Crippen molar-refractivity contribution in [2.45, 2.75) is 12.6 Å². The van der Waals surface area contributed by atoms with Crippen LogP contribution < -0.4 is 21.1 Å². The number of fused-ring (bicyclic) bond motifs is 1. The van der Waals surface area contributed by atoms with Crippen LogP contribution in [0.25, 0.3) is 11.3 Å². The van der Waals surface area contributed by atoms with Gasteiger partial charge in [0.2, 0.25) is 6.41 Å². The molecule has 0 spiro atoms. The molecule has 0 fully saturated rings. The van der Waals surface area contributed by atoms with Gasteiger partial charge in [-0.3, -0.25) is 19.4 Å². The molecule has 0 saturated carbocycles. The van der Waals surface area contributed by atoms with Crippen molar-refractivity contribution in [3.05, 3.63) is 93.7 Å². The van der Waals surface area contributed by atoms with E-state index in [2.05, 4.69) is 37.7 Å². The molecule has 42 heavy (non-hydrogen) atoms. The summed E-state index contributed by atoms with van der Waals surface area (Å²) < 4.78 is 6.51. The van der Waals surface area contributed by atoms with Crippen LogP contribution in [0, 0.1) is 11.8 Å². The number of carbonyl (C=O) groups is 3. The van der Waals surface area contributed by atoms with Crippen LogP contribution in [-0.4, -0.2) is 77.9 Å². The number of aromatic amines is 1. The van der Waals surface area contributed by atoms with E-state index < -0.39 is 11.9 Å². The highest BCUT2D eigenvalue weighted by Gasteiger charge is 2.24. The minimum Gasteiger partial charge on any atom is -0.497 e. The number of benzene rings is 2. The van der Waals surface area contributed by atoms with E-state index in [-0.39, 0.29) is 11.6 Å². The zero-order chi connectivity index (χ0) is 30.1. The molecule has 12 heteroatoms. The van der Waals surface area contributed by atoms with Crippen LogP contribution in [0.15, 0.2) is 70.5 Å². The lowest BCUT2D eigenvalue weighted by molar-refractivity contribution is -0.123. The maximum Gasteiger partial charge on any atom is 0.348 e. The van der Waals surface area contributed by atoms with Crippen molar-refractivity contribution in [1.82, 2.24) is 30.3 Å². The summed E-state index contributed by atoms with van der Waals surface area (Å²) in [6.45, 7) is 1.21. The smallest absolute Gasteiger partial charge is 0.348 e. The molecule has 1 aromatic heterocycles. The first-order valence-corrected chi connectivity index (χ1v) is 12.9. The molecule has 1 unspecified atom stereocenters.